The third-order valence-electron chi connectivity index (χ3n) is 6.99. The topological polar surface area (TPSA) is 106 Å². The average molecular weight is 462 g/mol. The van der Waals surface area contributed by atoms with Gasteiger partial charge in [-0.15, -0.1) is 0 Å². The maximum Gasteiger partial charge on any atom is 0.231 e. The molecule has 0 amide bonds. The molecule has 0 radical (unpaired) electrons. The maximum atomic E-state index is 10.3. The number of phenols is 1. The van der Waals surface area contributed by atoms with E-state index in [0.29, 0.717) is 30.2 Å². The Labute approximate surface area is 199 Å². The van der Waals surface area contributed by atoms with Crippen LogP contribution in [0.15, 0.2) is 48.5 Å². The van der Waals surface area contributed by atoms with Gasteiger partial charge in [-0.1, -0.05) is 36.4 Å². The van der Waals surface area contributed by atoms with Crippen LogP contribution in [0.1, 0.15) is 36.4 Å². The highest BCUT2D eigenvalue weighted by atomic mass is 16.3. The normalized spacial score (nSPS) is 18.7. The number of piperidine rings is 1. The summed E-state index contributed by atoms with van der Waals surface area (Å²) in [6.45, 7) is 2.52. The van der Waals surface area contributed by atoms with E-state index in [1.807, 2.05) is 18.2 Å². The van der Waals surface area contributed by atoms with Crippen LogP contribution >= 0.6 is 0 Å². The summed E-state index contributed by atoms with van der Waals surface area (Å²) in [4.78, 5) is 18.7. The number of aromatic hydroxyl groups is 1. The largest absolute Gasteiger partial charge is 0.508 e. The molecule has 3 N–H and O–H groups in total. The molecular weight excluding hydrogens is 430 g/mol. The van der Waals surface area contributed by atoms with Gasteiger partial charge in [-0.25, -0.2) is 0 Å². The highest BCUT2D eigenvalue weighted by Crippen LogP contribution is 2.34. The monoisotopic (exact) mass is 461 g/mol. The summed E-state index contributed by atoms with van der Waals surface area (Å²) in [5.74, 6) is 2.33. The molecule has 1 unspecified atom stereocenters. The molecule has 2 aliphatic rings. The first kappa shape index (κ1) is 22.6. The highest BCUT2D eigenvalue weighted by Gasteiger charge is 2.30. The fourth-order valence-electron chi connectivity index (χ4n) is 5.09. The first-order chi connectivity index (χ1) is 16.7. The maximum absolute atomic E-state index is 10.3. The minimum Gasteiger partial charge on any atom is -0.508 e. The van der Waals surface area contributed by atoms with E-state index in [1.54, 1.807) is 18.2 Å². The number of aliphatic hydroxyl groups is 2. The Morgan fingerprint density at radius 2 is 1.68 bits per heavy atom. The van der Waals surface area contributed by atoms with Crippen LogP contribution in [0.2, 0.25) is 0 Å². The molecule has 2 aliphatic heterocycles. The fraction of sp³-hybridized carbons (Fsp3) is 0.423. The molecule has 2 aromatic carbocycles. The second-order valence-electron chi connectivity index (χ2n) is 9.09. The van der Waals surface area contributed by atoms with Crippen LogP contribution in [0.4, 0.5) is 11.9 Å². The van der Waals surface area contributed by atoms with Gasteiger partial charge in [-0.05, 0) is 54.9 Å². The van der Waals surface area contributed by atoms with E-state index < -0.39 is 0 Å². The number of fused-ring (bicyclic) bond motifs is 1. The molecule has 1 fully saturated rings. The number of nitrogens with zero attached hydrogens (tertiary/aromatic N) is 5. The number of hydrogen-bond donors (Lipinski definition) is 3. The van der Waals surface area contributed by atoms with Crippen molar-refractivity contribution in [3.05, 3.63) is 59.7 Å². The SMILES string of the molecule is OCCC1CCN(c2nc(-c3cccc(O)c3)nc(N3CCc4ccccc4C3CO)n2)CC1. The third-order valence-corrected chi connectivity index (χ3v) is 6.99. The van der Waals surface area contributed by atoms with Gasteiger partial charge in [0.05, 0.1) is 12.6 Å². The van der Waals surface area contributed by atoms with Crippen molar-refractivity contribution in [2.75, 3.05) is 42.6 Å². The number of anilines is 2. The minimum absolute atomic E-state index is 0.0357. The molecule has 1 aromatic heterocycles. The van der Waals surface area contributed by atoms with Crippen LogP contribution in [0, 0.1) is 5.92 Å². The molecule has 1 atom stereocenters. The quantitative estimate of drug-likeness (QED) is 0.515. The number of phenolic OH excluding ortho intramolecular Hbond substituents is 1. The van der Waals surface area contributed by atoms with Gasteiger partial charge in [0, 0.05) is 31.8 Å². The summed E-state index contributed by atoms with van der Waals surface area (Å²) in [6.07, 6.45) is 3.65. The second-order valence-corrected chi connectivity index (χ2v) is 9.09. The molecule has 0 spiro atoms. The van der Waals surface area contributed by atoms with Gasteiger partial charge >= 0.3 is 0 Å². The Balaban J connectivity index is 1.53. The van der Waals surface area contributed by atoms with Crippen molar-refractivity contribution in [3.8, 4) is 17.1 Å². The van der Waals surface area contributed by atoms with Crippen LogP contribution in [0.3, 0.4) is 0 Å². The van der Waals surface area contributed by atoms with Gasteiger partial charge in [0.2, 0.25) is 11.9 Å². The summed E-state index contributed by atoms with van der Waals surface area (Å²) in [5, 5.41) is 29.6. The molecule has 1 saturated heterocycles. The lowest BCUT2D eigenvalue weighted by Crippen LogP contribution is -2.40. The predicted molar refractivity (Wildman–Crippen MR) is 131 cm³/mol. The predicted octanol–water partition coefficient (Wildman–Crippen LogP) is 2.94. The summed E-state index contributed by atoms with van der Waals surface area (Å²) < 4.78 is 0. The lowest BCUT2D eigenvalue weighted by molar-refractivity contribution is 0.240. The molecule has 3 aromatic rings. The van der Waals surface area contributed by atoms with Crippen molar-refractivity contribution in [3.63, 3.8) is 0 Å². The van der Waals surface area contributed by atoms with E-state index in [9.17, 15) is 15.3 Å². The van der Waals surface area contributed by atoms with Crippen molar-refractivity contribution in [1.82, 2.24) is 15.0 Å². The number of hydrogen-bond acceptors (Lipinski definition) is 8. The lowest BCUT2D eigenvalue weighted by atomic mass is 9.93. The Morgan fingerprint density at radius 1 is 0.882 bits per heavy atom. The van der Waals surface area contributed by atoms with Crippen molar-refractivity contribution in [1.29, 1.82) is 0 Å². The number of aromatic nitrogens is 3. The van der Waals surface area contributed by atoms with Gasteiger partial charge in [0.1, 0.15) is 5.75 Å². The van der Waals surface area contributed by atoms with Crippen LogP contribution in [-0.2, 0) is 6.42 Å². The molecule has 8 heteroatoms. The Morgan fingerprint density at radius 3 is 2.44 bits per heavy atom. The minimum atomic E-state index is -0.229. The average Bonchev–Trinajstić information content (AvgIpc) is 2.88. The van der Waals surface area contributed by atoms with Gasteiger partial charge in [0.15, 0.2) is 5.82 Å². The fourth-order valence-corrected chi connectivity index (χ4v) is 5.09. The van der Waals surface area contributed by atoms with Gasteiger partial charge in [-0.2, -0.15) is 15.0 Å². The van der Waals surface area contributed by atoms with E-state index in [1.165, 1.54) is 5.56 Å². The van der Waals surface area contributed by atoms with Crippen molar-refractivity contribution in [2.45, 2.75) is 31.7 Å². The molecule has 34 heavy (non-hydrogen) atoms. The first-order valence-electron chi connectivity index (χ1n) is 12.0. The van der Waals surface area contributed by atoms with E-state index >= 15 is 0 Å². The van der Waals surface area contributed by atoms with Crippen LogP contribution in [-0.4, -0.2) is 63.1 Å². The number of aliphatic hydroxyl groups excluding tert-OH is 2. The summed E-state index contributed by atoms with van der Waals surface area (Å²) >= 11 is 0. The summed E-state index contributed by atoms with van der Waals surface area (Å²) in [7, 11) is 0. The summed E-state index contributed by atoms with van der Waals surface area (Å²) in [6, 6.07) is 14.9. The molecule has 0 saturated carbocycles. The van der Waals surface area contributed by atoms with Gasteiger partial charge in [-0.3, -0.25) is 0 Å². The van der Waals surface area contributed by atoms with Gasteiger partial charge in [0.25, 0.3) is 0 Å². The van der Waals surface area contributed by atoms with E-state index in [0.717, 1.165) is 49.9 Å². The van der Waals surface area contributed by atoms with Crippen LogP contribution in [0.5, 0.6) is 5.75 Å². The smallest absolute Gasteiger partial charge is 0.231 e. The second kappa shape index (κ2) is 9.95. The molecule has 3 heterocycles. The molecule has 8 nitrogen and oxygen atoms in total. The van der Waals surface area contributed by atoms with E-state index in [-0.39, 0.29) is 25.0 Å². The standard InChI is InChI=1S/C26H31N5O3/c32-15-11-18-8-12-30(13-9-18)25-27-24(20-5-3-6-21(34)16-20)28-26(29-25)31-14-10-19-4-1-2-7-22(19)23(31)17-33/h1-7,16,18,23,32-34H,8-15,17H2. The lowest BCUT2D eigenvalue weighted by Gasteiger charge is -2.37. The zero-order valence-corrected chi connectivity index (χ0v) is 19.2. The van der Waals surface area contributed by atoms with E-state index in [4.69, 9.17) is 15.0 Å². The Kier molecular flexibility index (Phi) is 6.60. The summed E-state index contributed by atoms with van der Waals surface area (Å²) in [5.41, 5.74) is 3.06. The Bertz CT molecular complexity index is 1130. The zero-order chi connectivity index (χ0) is 23.5. The third kappa shape index (κ3) is 4.56. The first-order valence-corrected chi connectivity index (χ1v) is 12.0. The van der Waals surface area contributed by atoms with Crippen molar-refractivity contribution >= 4 is 11.9 Å². The molecule has 0 bridgehead atoms. The highest BCUT2D eigenvalue weighted by molar-refractivity contribution is 5.61. The van der Waals surface area contributed by atoms with Crippen molar-refractivity contribution < 1.29 is 15.3 Å². The Hall–Kier alpha value is -3.23. The number of rotatable bonds is 6. The van der Waals surface area contributed by atoms with Crippen molar-refractivity contribution in [2.24, 2.45) is 5.92 Å². The molecule has 0 aliphatic carbocycles. The van der Waals surface area contributed by atoms with E-state index in [2.05, 4.69) is 21.9 Å². The molecular formula is C26H31N5O3. The van der Waals surface area contributed by atoms with Crippen LogP contribution in [0.25, 0.3) is 11.4 Å². The molecule has 178 valence electrons. The van der Waals surface area contributed by atoms with Crippen LogP contribution < -0.4 is 9.80 Å². The van der Waals surface area contributed by atoms with Gasteiger partial charge < -0.3 is 25.1 Å². The molecule has 5 rings (SSSR count). The zero-order valence-electron chi connectivity index (χ0n) is 19.2. The number of benzene rings is 2.